The van der Waals surface area contributed by atoms with Crippen molar-refractivity contribution in [3.05, 3.63) is 29.3 Å². The maximum absolute atomic E-state index is 10.7. The number of carbonyl (C=O) groups is 1. The Hall–Kier alpha value is -1.55. The molecule has 0 aliphatic carbocycles. The van der Waals surface area contributed by atoms with Crippen molar-refractivity contribution in [2.45, 2.75) is 12.5 Å². The average molecular weight is 193 g/mol. The van der Waals surface area contributed by atoms with E-state index in [1.54, 1.807) is 18.2 Å². The van der Waals surface area contributed by atoms with E-state index in [0.717, 1.165) is 11.3 Å². The number of aliphatic hydroxyl groups excluding tert-OH is 1. The van der Waals surface area contributed by atoms with Gasteiger partial charge in [-0.2, -0.15) is 0 Å². The summed E-state index contributed by atoms with van der Waals surface area (Å²) in [5.41, 5.74) is 2.18. The van der Waals surface area contributed by atoms with E-state index >= 15 is 0 Å². The van der Waals surface area contributed by atoms with Crippen LogP contribution in [0.25, 0.3) is 0 Å². The fourth-order valence-corrected chi connectivity index (χ4v) is 1.68. The summed E-state index contributed by atoms with van der Waals surface area (Å²) in [7, 11) is 0. The number of hydrogen-bond acceptors (Lipinski definition) is 3. The fourth-order valence-electron chi connectivity index (χ4n) is 1.68. The minimum atomic E-state index is -0.916. The number of rotatable bonds is 2. The zero-order valence-corrected chi connectivity index (χ0v) is 7.53. The highest BCUT2D eigenvalue weighted by atomic mass is 16.4. The number of hydrogen-bond donors (Lipinski definition) is 3. The van der Waals surface area contributed by atoms with E-state index in [4.69, 9.17) is 10.2 Å². The topological polar surface area (TPSA) is 69.6 Å². The highest BCUT2D eigenvalue weighted by molar-refractivity contribution is 5.88. The van der Waals surface area contributed by atoms with Crippen molar-refractivity contribution in [3.63, 3.8) is 0 Å². The molecule has 0 saturated heterocycles. The van der Waals surface area contributed by atoms with E-state index in [1.807, 2.05) is 0 Å². The molecule has 0 saturated carbocycles. The number of benzene rings is 1. The van der Waals surface area contributed by atoms with Gasteiger partial charge in [0.1, 0.15) is 0 Å². The molecule has 74 valence electrons. The van der Waals surface area contributed by atoms with Gasteiger partial charge in [-0.15, -0.1) is 0 Å². The van der Waals surface area contributed by atoms with Crippen LogP contribution < -0.4 is 5.32 Å². The van der Waals surface area contributed by atoms with Gasteiger partial charge >= 0.3 is 5.97 Å². The Kier molecular flexibility index (Phi) is 2.13. The second kappa shape index (κ2) is 3.31. The molecule has 0 spiro atoms. The molecule has 0 bridgehead atoms. The normalized spacial score (nSPS) is 18.8. The van der Waals surface area contributed by atoms with E-state index in [1.165, 1.54) is 0 Å². The van der Waals surface area contributed by atoms with Crippen molar-refractivity contribution in [3.8, 4) is 0 Å². The molecule has 1 atom stereocenters. The lowest BCUT2D eigenvalue weighted by atomic mass is 10.1. The number of nitrogens with one attached hydrogen (secondary N) is 1. The van der Waals surface area contributed by atoms with Crippen LogP contribution in [0, 0.1) is 0 Å². The maximum atomic E-state index is 10.7. The summed E-state index contributed by atoms with van der Waals surface area (Å²) in [6, 6.07) is 4.98. The Bertz CT molecular complexity index is 376. The van der Waals surface area contributed by atoms with Crippen LogP contribution in [-0.2, 0) is 6.42 Å². The second-order valence-electron chi connectivity index (χ2n) is 3.41. The maximum Gasteiger partial charge on any atom is 0.335 e. The number of aromatic carboxylic acids is 1. The Morgan fingerprint density at radius 1 is 1.57 bits per heavy atom. The number of carboxylic acids is 1. The lowest BCUT2D eigenvalue weighted by molar-refractivity contribution is 0.0697. The van der Waals surface area contributed by atoms with Crippen molar-refractivity contribution in [2.24, 2.45) is 0 Å². The third-order valence-electron chi connectivity index (χ3n) is 2.40. The minimum Gasteiger partial charge on any atom is -0.478 e. The van der Waals surface area contributed by atoms with Gasteiger partial charge in [0.05, 0.1) is 18.2 Å². The smallest absolute Gasteiger partial charge is 0.335 e. The standard InChI is InChI=1S/C10H11NO3/c12-5-8-4-7-3-6(10(13)14)1-2-9(7)11-8/h1-3,8,11-12H,4-5H2,(H,13,14). The van der Waals surface area contributed by atoms with Gasteiger partial charge in [0.15, 0.2) is 0 Å². The molecule has 1 aliphatic rings. The molecule has 14 heavy (non-hydrogen) atoms. The number of anilines is 1. The lowest BCUT2D eigenvalue weighted by Gasteiger charge is -2.05. The van der Waals surface area contributed by atoms with Crippen LogP contribution in [0.5, 0.6) is 0 Å². The molecule has 1 aromatic rings. The van der Waals surface area contributed by atoms with Crippen molar-refractivity contribution in [2.75, 3.05) is 11.9 Å². The van der Waals surface area contributed by atoms with Crippen LogP contribution in [0.15, 0.2) is 18.2 Å². The number of fused-ring (bicyclic) bond motifs is 1. The lowest BCUT2D eigenvalue weighted by Crippen LogP contribution is -2.19. The summed E-state index contributed by atoms with van der Waals surface area (Å²) in [6.07, 6.45) is 0.687. The third kappa shape index (κ3) is 1.44. The zero-order chi connectivity index (χ0) is 10.1. The van der Waals surface area contributed by atoms with Crippen molar-refractivity contribution < 1.29 is 15.0 Å². The van der Waals surface area contributed by atoms with Crippen molar-refractivity contribution in [1.82, 2.24) is 0 Å². The first-order valence-corrected chi connectivity index (χ1v) is 4.44. The van der Waals surface area contributed by atoms with Gasteiger partial charge in [-0.1, -0.05) is 0 Å². The number of carboxylic acid groups (broad SMARTS) is 1. The average Bonchev–Trinajstić information content (AvgIpc) is 2.58. The summed E-state index contributed by atoms with van der Waals surface area (Å²) in [5, 5.41) is 20.8. The van der Waals surface area contributed by atoms with Crippen LogP contribution in [0.4, 0.5) is 5.69 Å². The quantitative estimate of drug-likeness (QED) is 0.647. The van der Waals surface area contributed by atoms with E-state index in [-0.39, 0.29) is 12.6 Å². The molecule has 1 aliphatic heterocycles. The Balaban J connectivity index is 2.31. The second-order valence-corrected chi connectivity index (χ2v) is 3.41. The molecule has 1 aromatic carbocycles. The molecular formula is C10H11NO3. The first kappa shape index (κ1) is 9.02. The van der Waals surface area contributed by atoms with E-state index in [9.17, 15) is 4.79 Å². The van der Waals surface area contributed by atoms with Gasteiger partial charge in [-0.3, -0.25) is 0 Å². The monoisotopic (exact) mass is 193 g/mol. The predicted molar refractivity (Wildman–Crippen MR) is 51.6 cm³/mol. The van der Waals surface area contributed by atoms with Gasteiger partial charge in [0.25, 0.3) is 0 Å². The van der Waals surface area contributed by atoms with Gasteiger partial charge in [0, 0.05) is 5.69 Å². The molecular weight excluding hydrogens is 182 g/mol. The fraction of sp³-hybridized carbons (Fsp3) is 0.300. The van der Waals surface area contributed by atoms with E-state index < -0.39 is 5.97 Å². The molecule has 0 radical (unpaired) electrons. The van der Waals surface area contributed by atoms with Gasteiger partial charge in [0.2, 0.25) is 0 Å². The van der Waals surface area contributed by atoms with Gasteiger partial charge < -0.3 is 15.5 Å². The first-order valence-electron chi connectivity index (χ1n) is 4.44. The van der Waals surface area contributed by atoms with Crippen molar-refractivity contribution in [1.29, 1.82) is 0 Å². The molecule has 0 amide bonds. The summed E-state index contributed by atoms with van der Waals surface area (Å²) in [5.74, 6) is -0.916. The molecule has 4 heteroatoms. The van der Waals surface area contributed by atoms with Crippen LogP contribution in [0.1, 0.15) is 15.9 Å². The molecule has 1 heterocycles. The van der Waals surface area contributed by atoms with Gasteiger partial charge in [-0.05, 0) is 30.2 Å². The molecule has 4 nitrogen and oxygen atoms in total. The summed E-state index contributed by atoms with van der Waals surface area (Å²) in [4.78, 5) is 10.7. The number of aliphatic hydroxyl groups is 1. The first-order chi connectivity index (χ1) is 6.70. The zero-order valence-electron chi connectivity index (χ0n) is 7.53. The summed E-state index contributed by atoms with van der Waals surface area (Å²) >= 11 is 0. The van der Waals surface area contributed by atoms with Crippen LogP contribution in [0.2, 0.25) is 0 Å². The summed E-state index contributed by atoms with van der Waals surface area (Å²) < 4.78 is 0. The largest absolute Gasteiger partial charge is 0.478 e. The minimum absolute atomic E-state index is 0.0223. The molecule has 1 unspecified atom stereocenters. The third-order valence-corrected chi connectivity index (χ3v) is 2.40. The Morgan fingerprint density at radius 3 is 3.00 bits per heavy atom. The predicted octanol–water partition coefficient (Wildman–Crippen LogP) is 0.714. The molecule has 0 fully saturated rings. The van der Waals surface area contributed by atoms with E-state index in [0.29, 0.717) is 12.0 Å². The molecule has 0 aromatic heterocycles. The Morgan fingerprint density at radius 2 is 2.36 bits per heavy atom. The SMILES string of the molecule is O=C(O)c1ccc2c(c1)CC(CO)N2. The van der Waals surface area contributed by atoms with E-state index in [2.05, 4.69) is 5.32 Å². The highest BCUT2D eigenvalue weighted by Gasteiger charge is 2.20. The molecule has 3 N–H and O–H groups in total. The van der Waals surface area contributed by atoms with Crippen LogP contribution >= 0.6 is 0 Å². The van der Waals surface area contributed by atoms with Crippen LogP contribution in [0.3, 0.4) is 0 Å². The van der Waals surface area contributed by atoms with Gasteiger partial charge in [-0.25, -0.2) is 4.79 Å². The van der Waals surface area contributed by atoms with Crippen LogP contribution in [-0.4, -0.2) is 28.8 Å². The Labute approximate surface area is 81.2 Å². The molecule has 2 rings (SSSR count). The van der Waals surface area contributed by atoms with Crippen molar-refractivity contribution >= 4 is 11.7 Å². The summed E-state index contributed by atoms with van der Waals surface area (Å²) in [6.45, 7) is 0.0666. The highest BCUT2D eigenvalue weighted by Crippen LogP contribution is 2.26.